The summed E-state index contributed by atoms with van der Waals surface area (Å²) in [5, 5.41) is 0. The lowest BCUT2D eigenvalue weighted by Crippen LogP contribution is -2.13. The average Bonchev–Trinajstić information content (AvgIpc) is 2.44. The summed E-state index contributed by atoms with van der Waals surface area (Å²) >= 11 is 0. The van der Waals surface area contributed by atoms with Crippen molar-refractivity contribution in [1.29, 1.82) is 0 Å². The second-order valence-corrected chi connectivity index (χ2v) is 5.48. The van der Waals surface area contributed by atoms with E-state index in [1.165, 1.54) is 12.3 Å². The van der Waals surface area contributed by atoms with Crippen LogP contribution >= 0.6 is 0 Å². The van der Waals surface area contributed by atoms with Gasteiger partial charge in [0.1, 0.15) is 6.61 Å². The van der Waals surface area contributed by atoms with Gasteiger partial charge in [0.2, 0.25) is 5.43 Å². The highest BCUT2D eigenvalue weighted by Gasteiger charge is 2.06. The predicted octanol–water partition coefficient (Wildman–Crippen LogP) is 3.03. The zero-order chi connectivity index (χ0) is 15.7. The lowest BCUT2D eigenvalue weighted by molar-refractivity contribution is -0.145. The van der Waals surface area contributed by atoms with Crippen molar-refractivity contribution in [3.63, 3.8) is 0 Å². The van der Waals surface area contributed by atoms with Crippen molar-refractivity contribution in [2.75, 3.05) is 6.61 Å². The molecule has 118 valence electrons. The van der Waals surface area contributed by atoms with Crippen LogP contribution in [0.4, 0.5) is 0 Å². The first kappa shape index (κ1) is 17.3. The number of H-pyrrole nitrogens is 1. The van der Waals surface area contributed by atoms with Crippen molar-refractivity contribution in [3.8, 4) is 5.75 Å². The van der Waals surface area contributed by atoms with E-state index in [-0.39, 0.29) is 18.0 Å². The van der Waals surface area contributed by atoms with E-state index in [4.69, 9.17) is 9.47 Å². The number of aromatic nitrogens is 1. The zero-order valence-corrected chi connectivity index (χ0v) is 13.1. The second kappa shape index (κ2) is 9.21. The number of unbranched alkanes of at least 4 members (excludes halogenated alkanes) is 1. The van der Waals surface area contributed by atoms with E-state index in [2.05, 4.69) is 18.8 Å². The van der Waals surface area contributed by atoms with Gasteiger partial charge in [-0.1, -0.05) is 27.2 Å². The van der Waals surface area contributed by atoms with E-state index >= 15 is 0 Å². The Bertz CT molecular complexity index is 493. The molecule has 0 fully saturated rings. The second-order valence-electron chi connectivity index (χ2n) is 5.48. The smallest absolute Gasteiger partial charge is 0.306 e. The Morgan fingerprint density at radius 2 is 2.14 bits per heavy atom. The summed E-state index contributed by atoms with van der Waals surface area (Å²) < 4.78 is 10.5. The van der Waals surface area contributed by atoms with Crippen LogP contribution in [0.15, 0.2) is 17.1 Å². The number of hydrogen-bond donors (Lipinski definition) is 1. The van der Waals surface area contributed by atoms with Crippen molar-refractivity contribution in [3.05, 3.63) is 28.2 Å². The van der Waals surface area contributed by atoms with Gasteiger partial charge in [0.25, 0.3) is 0 Å². The van der Waals surface area contributed by atoms with Gasteiger partial charge in [-0.2, -0.15) is 0 Å². The molecule has 0 aliphatic carbocycles. The van der Waals surface area contributed by atoms with Crippen molar-refractivity contribution in [1.82, 2.24) is 4.98 Å². The van der Waals surface area contributed by atoms with Crippen LogP contribution in [0.2, 0.25) is 0 Å². The molecule has 0 amide bonds. The minimum Gasteiger partial charge on any atom is -0.488 e. The van der Waals surface area contributed by atoms with Crippen LogP contribution < -0.4 is 10.2 Å². The Balaban J connectivity index is 2.46. The molecule has 1 aromatic rings. The number of pyridine rings is 1. The molecular weight excluding hydrogens is 270 g/mol. The average molecular weight is 295 g/mol. The third-order valence-corrected chi connectivity index (χ3v) is 3.01. The third-order valence-electron chi connectivity index (χ3n) is 3.01. The van der Waals surface area contributed by atoms with Gasteiger partial charge in [-0.25, -0.2) is 0 Å². The summed E-state index contributed by atoms with van der Waals surface area (Å²) in [6.07, 6.45) is 4.61. The fourth-order valence-corrected chi connectivity index (χ4v) is 1.65. The van der Waals surface area contributed by atoms with Crippen LogP contribution in [0.5, 0.6) is 5.75 Å². The largest absolute Gasteiger partial charge is 0.488 e. The van der Waals surface area contributed by atoms with Gasteiger partial charge in [0.05, 0.1) is 12.3 Å². The van der Waals surface area contributed by atoms with Gasteiger partial charge in [-0.3, -0.25) is 9.59 Å². The number of hydrogen-bond acceptors (Lipinski definition) is 4. The first-order valence-electron chi connectivity index (χ1n) is 7.53. The van der Waals surface area contributed by atoms with Gasteiger partial charge in [0.15, 0.2) is 5.75 Å². The molecule has 0 saturated heterocycles. The number of ether oxygens (including phenoxy) is 2. The SMILES string of the molecule is CCCCC(=O)OCc1cc(=O)c(OCCC(C)C)c[nH]1. The van der Waals surface area contributed by atoms with E-state index < -0.39 is 0 Å². The van der Waals surface area contributed by atoms with E-state index in [9.17, 15) is 9.59 Å². The maximum atomic E-state index is 11.8. The van der Waals surface area contributed by atoms with Gasteiger partial charge in [-0.15, -0.1) is 0 Å². The van der Waals surface area contributed by atoms with Crippen LogP contribution in [0.3, 0.4) is 0 Å². The van der Waals surface area contributed by atoms with Crippen molar-refractivity contribution in [2.24, 2.45) is 5.92 Å². The number of carbonyl (C=O) groups is 1. The highest BCUT2D eigenvalue weighted by molar-refractivity contribution is 5.69. The van der Waals surface area contributed by atoms with Crippen LogP contribution in [0.1, 0.15) is 52.1 Å². The molecule has 0 atom stereocenters. The van der Waals surface area contributed by atoms with E-state index in [1.54, 1.807) is 0 Å². The minimum atomic E-state index is -0.241. The van der Waals surface area contributed by atoms with E-state index in [0.717, 1.165) is 19.3 Å². The molecule has 0 spiro atoms. The molecule has 1 N–H and O–H groups in total. The van der Waals surface area contributed by atoms with Gasteiger partial charge in [-0.05, 0) is 18.8 Å². The Morgan fingerprint density at radius 3 is 2.76 bits per heavy atom. The van der Waals surface area contributed by atoms with E-state index in [1.807, 2.05) is 6.92 Å². The first-order chi connectivity index (χ1) is 10.0. The fourth-order valence-electron chi connectivity index (χ4n) is 1.65. The molecule has 5 nitrogen and oxygen atoms in total. The molecular formula is C16H25NO4. The monoisotopic (exact) mass is 295 g/mol. The molecule has 1 heterocycles. The topological polar surface area (TPSA) is 68.4 Å². The summed E-state index contributed by atoms with van der Waals surface area (Å²) in [6.45, 7) is 6.83. The van der Waals surface area contributed by atoms with Crippen LogP contribution in [-0.4, -0.2) is 17.6 Å². The Labute approximate surface area is 125 Å². The Morgan fingerprint density at radius 1 is 1.38 bits per heavy atom. The lowest BCUT2D eigenvalue weighted by atomic mass is 10.1. The molecule has 1 aromatic heterocycles. The van der Waals surface area contributed by atoms with Gasteiger partial charge < -0.3 is 14.5 Å². The quantitative estimate of drug-likeness (QED) is 0.711. The maximum Gasteiger partial charge on any atom is 0.306 e. The normalized spacial score (nSPS) is 10.7. The van der Waals surface area contributed by atoms with Crippen molar-refractivity contribution >= 4 is 5.97 Å². The maximum absolute atomic E-state index is 11.8. The number of rotatable bonds is 9. The minimum absolute atomic E-state index is 0.0874. The van der Waals surface area contributed by atoms with Gasteiger partial charge in [0, 0.05) is 18.7 Å². The number of nitrogens with one attached hydrogen (secondary N) is 1. The number of aromatic amines is 1. The van der Waals surface area contributed by atoms with Crippen LogP contribution in [0.25, 0.3) is 0 Å². The fraction of sp³-hybridized carbons (Fsp3) is 0.625. The standard InChI is InChI=1S/C16H25NO4/c1-4-5-6-16(19)21-11-13-9-14(18)15(10-17-13)20-8-7-12(2)3/h9-10,12H,4-8,11H2,1-3H3,(H,17,18). The highest BCUT2D eigenvalue weighted by atomic mass is 16.5. The molecule has 1 rings (SSSR count). The molecule has 0 unspecified atom stereocenters. The molecule has 0 aromatic carbocycles. The highest BCUT2D eigenvalue weighted by Crippen LogP contribution is 2.07. The molecule has 5 heteroatoms. The molecule has 0 radical (unpaired) electrons. The third kappa shape index (κ3) is 6.97. The lowest BCUT2D eigenvalue weighted by Gasteiger charge is -2.08. The summed E-state index contributed by atoms with van der Waals surface area (Å²) in [7, 11) is 0. The van der Waals surface area contributed by atoms with E-state index in [0.29, 0.717) is 30.4 Å². The zero-order valence-electron chi connectivity index (χ0n) is 13.1. The van der Waals surface area contributed by atoms with Crippen molar-refractivity contribution in [2.45, 2.75) is 53.1 Å². The molecule has 21 heavy (non-hydrogen) atoms. The van der Waals surface area contributed by atoms with Crippen molar-refractivity contribution < 1.29 is 14.3 Å². The number of esters is 1. The molecule has 0 saturated carbocycles. The summed E-state index contributed by atoms with van der Waals surface area (Å²) in [5.74, 6) is 0.595. The summed E-state index contributed by atoms with van der Waals surface area (Å²) in [6, 6.07) is 1.41. The predicted molar refractivity (Wildman–Crippen MR) is 81.3 cm³/mol. The summed E-state index contributed by atoms with van der Waals surface area (Å²) in [5.41, 5.74) is 0.373. The Kier molecular flexibility index (Phi) is 7.58. The molecule has 0 aliphatic rings. The van der Waals surface area contributed by atoms with Crippen LogP contribution in [-0.2, 0) is 16.1 Å². The number of carbonyl (C=O) groups excluding carboxylic acids is 1. The first-order valence-corrected chi connectivity index (χ1v) is 7.53. The molecule has 0 bridgehead atoms. The van der Waals surface area contributed by atoms with Gasteiger partial charge >= 0.3 is 5.97 Å². The van der Waals surface area contributed by atoms with Crippen LogP contribution in [0, 0.1) is 5.92 Å². The summed E-state index contributed by atoms with van der Waals surface area (Å²) in [4.78, 5) is 26.2. The Hall–Kier alpha value is -1.78. The molecule has 0 aliphatic heterocycles.